The zero-order valence-electron chi connectivity index (χ0n) is 13.3. The number of piperidine rings is 1. The number of furan rings is 1. The molecule has 0 amide bonds. The molecule has 1 aliphatic rings. The number of hydrogen-bond donors (Lipinski definition) is 0. The van der Waals surface area contributed by atoms with Crippen LogP contribution in [0.3, 0.4) is 0 Å². The van der Waals surface area contributed by atoms with E-state index in [1.165, 1.54) is 12.8 Å². The Bertz CT molecular complexity index is 598. The fraction of sp³-hybridized carbons (Fsp3) is 0.529. The molecule has 3 rings (SSSR count). The van der Waals surface area contributed by atoms with Crippen molar-refractivity contribution >= 4 is 5.82 Å². The summed E-state index contributed by atoms with van der Waals surface area (Å²) in [6, 6.07) is 6.32. The Morgan fingerprint density at radius 2 is 2.27 bits per heavy atom. The van der Waals surface area contributed by atoms with Gasteiger partial charge in [-0.1, -0.05) is 0 Å². The van der Waals surface area contributed by atoms with E-state index in [-0.39, 0.29) is 6.04 Å². The third-order valence-corrected chi connectivity index (χ3v) is 3.99. The molecule has 0 bridgehead atoms. The third-order valence-electron chi connectivity index (χ3n) is 3.99. The first-order chi connectivity index (χ1) is 10.8. The second kappa shape index (κ2) is 6.92. The Morgan fingerprint density at radius 3 is 3.05 bits per heavy atom. The van der Waals surface area contributed by atoms with Crippen LogP contribution in [0.25, 0.3) is 0 Å². The minimum absolute atomic E-state index is 0.262. The molecule has 0 radical (unpaired) electrons. The van der Waals surface area contributed by atoms with Crippen molar-refractivity contribution in [3.8, 4) is 0 Å². The van der Waals surface area contributed by atoms with Crippen molar-refractivity contribution in [2.75, 3.05) is 18.1 Å². The van der Waals surface area contributed by atoms with E-state index in [0.717, 1.165) is 36.1 Å². The molecule has 2 aromatic rings. The van der Waals surface area contributed by atoms with Gasteiger partial charge in [-0.05, 0) is 45.2 Å². The molecular weight excluding hydrogens is 278 g/mol. The van der Waals surface area contributed by atoms with Crippen molar-refractivity contribution in [3.63, 3.8) is 0 Å². The van der Waals surface area contributed by atoms with E-state index in [9.17, 15) is 0 Å². The molecule has 0 aliphatic carbocycles. The highest BCUT2D eigenvalue weighted by Crippen LogP contribution is 2.34. The summed E-state index contributed by atoms with van der Waals surface area (Å²) in [5.74, 6) is 2.74. The van der Waals surface area contributed by atoms with Crippen LogP contribution < -0.4 is 4.90 Å². The van der Waals surface area contributed by atoms with E-state index < -0.39 is 0 Å². The van der Waals surface area contributed by atoms with Crippen LogP contribution in [0.2, 0.25) is 0 Å². The molecule has 22 heavy (non-hydrogen) atoms. The summed E-state index contributed by atoms with van der Waals surface area (Å²) < 4.78 is 11.1. The maximum absolute atomic E-state index is 5.64. The topological polar surface area (TPSA) is 51.4 Å². The van der Waals surface area contributed by atoms with Crippen molar-refractivity contribution in [2.45, 2.75) is 45.8 Å². The van der Waals surface area contributed by atoms with Crippen LogP contribution in [0, 0.1) is 6.92 Å². The SMILES string of the molecule is CCOCc1nc(C)cc(N2CCCCC2c2ccco2)n1. The third kappa shape index (κ3) is 3.30. The summed E-state index contributed by atoms with van der Waals surface area (Å²) in [5.41, 5.74) is 0.975. The lowest BCUT2D eigenvalue weighted by Crippen LogP contribution is -2.34. The van der Waals surface area contributed by atoms with Crippen molar-refractivity contribution in [3.05, 3.63) is 41.7 Å². The van der Waals surface area contributed by atoms with E-state index in [1.54, 1.807) is 6.26 Å². The lowest BCUT2D eigenvalue weighted by molar-refractivity contribution is 0.128. The molecule has 2 aromatic heterocycles. The largest absolute Gasteiger partial charge is 0.467 e. The van der Waals surface area contributed by atoms with Crippen LogP contribution in [-0.2, 0) is 11.3 Å². The maximum atomic E-state index is 5.64. The molecule has 1 unspecified atom stereocenters. The quantitative estimate of drug-likeness (QED) is 0.843. The molecule has 0 saturated carbocycles. The van der Waals surface area contributed by atoms with Gasteiger partial charge in [0, 0.05) is 24.9 Å². The van der Waals surface area contributed by atoms with Gasteiger partial charge in [-0.2, -0.15) is 0 Å². The summed E-state index contributed by atoms with van der Waals surface area (Å²) in [5, 5.41) is 0. The molecule has 118 valence electrons. The molecule has 3 heterocycles. The van der Waals surface area contributed by atoms with E-state index in [1.807, 2.05) is 19.9 Å². The molecule has 1 atom stereocenters. The lowest BCUT2D eigenvalue weighted by atomic mass is 10.00. The lowest BCUT2D eigenvalue weighted by Gasteiger charge is -2.35. The van der Waals surface area contributed by atoms with Crippen LogP contribution in [0.15, 0.2) is 28.9 Å². The highest BCUT2D eigenvalue weighted by molar-refractivity contribution is 5.43. The van der Waals surface area contributed by atoms with Gasteiger partial charge in [-0.25, -0.2) is 9.97 Å². The van der Waals surface area contributed by atoms with Gasteiger partial charge in [0.15, 0.2) is 5.82 Å². The number of aromatic nitrogens is 2. The van der Waals surface area contributed by atoms with Gasteiger partial charge >= 0.3 is 0 Å². The predicted molar refractivity (Wildman–Crippen MR) is 84.7 cm³/mol. The molecule has 1 saturated heterocycles. The molecule has 0 aromatic carbocycles. The van der Waals surface area contributed by atoms with Gasteiger partial charge in [0.2, 0.25) is 0 Å². The minimum atomic E-state index is 0.262. The van der Waals surface area contributed by atoms with Crippen molar-refractivity contribution < 1.29 is 9.15 Å². The molecule has 5 heteroatoms. The summed E-state index contributed by atoms with van der Waals surface area (Å²) in [7, 11) is 0. The molecule has 1 fully saturated rings. The molecule has 0 spiro atoms. The van der Waals surface area contributed by atoms with Crippen molar-refractivity contribution in [1.82, 2.24) is 9.97 Å². The second-order valence-corrected chi connectivity index (χ2v) is 5.64. The molecule has 5 nitrogen and oxygen atoms in total. The number of anilines is 1. The van der Waals surface area contributed by atoms with Gasteiger partial charge in [0.1, 0.15) is 18.2 Å². The smallest absolute Gasteiger partial charge is 0.156 e. The molecular formula is C17H23N3O2. The number of rotatable bonds is 5. The Labute approximate surface area is 131 Å². The summed E-state index contributed by atoms with van der Waals surface area (Å²) in [6.45, 7) is 6.12. The number of nitrogens with zero attached hydrogens (tertiary/aromatic N) is 3. The van der Waals surface area contributed by atoms with E-state index in [4.69, 9.17) is 14.1 Å². The Kier molecular flexibility index (Phi) is 4.73. The van der Waals surface area contributed by atoms with Crippen LogP contribution >= 0.6 is 0 Å². The highest BCUT2D eigenvalue weighted by atomic mass is 16.5. The first kappa shape index (κ1) is 15.0. The van der Waals surface area contributed by atoms with Crippen LogP contribution in [0.1, 0.15) is 49.5 Å². The van der Waals surface area contributed by atoms with Crippen LogP contribution in [0.4, 0.5) is 5.82 Å². The zero-order chi connectivity index (χ0) is 15.4. The van der Waals surface area contributed by atoms with E-state index in [0.29, 0.717) is 13.2 Å². The van der Waals surface area contributed by atoms with Crippen molar-refractivity contribution in [1.29, 1.82) is 0 Å². The Morgan fingerprint density at radius 1 is 1.36 bits per heavy atom. The summed E-state index contributed by atoms with van der Waals surface area (Å²) in [4.78, 5) is 11.5. The van der Waals surface area contributed by atoms with E-state index in [2.05, 4.69) is 22.0 Å². The first-order valence-corrected chi connectivity index (χ1v) is 8.00. The van der Waals surface area contributed by atoms with Gasteiger partial charge in [0.05, 0.1) is 12.3 Å². The summed E-state index contributed by atoms with van der Waals surface area (Å²) in [6.07, 6.45) is 5.24. The normalized spacial score (nSPS) is 18.6. The van der Waals surface area contributed by atoms with Gasteiger partial charge in [-0.15, -0.1) is 0 Å². The first-order valence-electron chi connectivity index (χ1n) is 8.00. The predicted octanol–water partition coefficient (Wildman–Crippen LogP) is 3.65. The van der Waals surface area contributed by atoms with Crippen LogP contribution in [-0.4, -0.2) is 23.1 Å². The zero-order valence-corrected chi connectivity index (χ0v) is 13.3. The van der Waals surface area contributed by atoms with Gasteiger partial charge < -0.3 is 14.1 Å². The summed E-state index contributed by atoms with van der Waals surface area (Å²) >= 11 is 0. The number of hydrogen-bond acceptors (Lipinski definition) is 5. The second-order valence-electron chi connectivity index (χ2n) is 5.64. The average molecular weight is 301 g/mol. The average Bonchev–Trinajstić information content (AvgIpc) is 3.07. The van der Waals surface area contributed by atoms with Gasteiger partial charge in [-0.3, -0.25) is 0 Å². The maximum Gasteiger partial charge on any atom is 0.156 e. The molecule has 1 aliphatic heterocycles. The van der Waals surface area contributed by atoms with Crippen LogP contribution in [0.5, 0.6) is 0 Å². The van der Waals surface area contributed by atoms with Gasteiger partial charge in [0.25, 0.3) is 0 Å². The Hall–Kier alpha value is -1.88. The van der Waals surface area contributed by atoms with Crippen molar-refractivity contribution in [2.24, 2.45) is 0 Å². The minimum Gasteiger partial charge on any atom is -0.467 e. The number of aryl methyl sites for hydroxylation is 1. The molecule has 0 N–H and O–H groups in total. The fourth-order valence-corrected chi connectivity index (χ4v) is 3.00. The number of ether oxygens (including phenoxy) is 1. The highest BCUT2D eigenvalue weighted by Gasteiger charge is 2.27. The standard InChI is InChI=1S/C17H23N3O2/c1-3-21-12-16-18-13(2)11-17(19-16)20-9-5-4-7-14(20)15-8-6-10-22-15/h6,8,10-11,14H,3-5,7,9,12H2,1-2H3. The fourth-order valence-electron chi connectivity index (χ4n) is 3.00. The van der Waals surface area contributed by atoms with E-state index >= 15 is 0 Å². The monoisotopic (exact) mass is 301 g/mol. The Balaban J connectivity index is 1.88.